The highest BCUT2D eigenvalue weighted by Crippen LogP contribution is 2.40. The van der Waals surface area contributed by atoms with Gasteiger partial charge in [0.2, 0.25) is 0 Å². The van der Waals surface area contributed by atoms with Crippen LogP contribution in [0.1, 0.15) is 25.7 Å². The van der Waals surface area contributed by atoms with Crippen molar-refractivity contribution in [1.29, 1.82) is 0 Å². The molecule has 3 nitrogen and oxygen atoms in total. The maximum absolute atomic E-state index is 4.09. The smallest absolute Gasteiger partial charge is 0.0397 e. The van der Waals surface area contributed by atoms with E-state index in [4.69, 9.17) is 0 Å². The molecule has 4 heteroatoms. The Morgan fingerprint density at radius 3 is 2.22 bits per heavy atom. The summed E-state index contributed by atoms with van der Waals surface area (Å²) >= 11 is 0. The number of nitrogens with zero attached hydrogens (tertiary/aromatic N) is 2. The molecule has 0 amide bonds. The van der Waals surface area contributed by atoms with Crippen molar-refractivity contribution >= 4 is 18.1 Å². The molecule has 0 atom stereocenters. The first-order chi connectivity index (χ1) is 8.38. The van der Waals surface area contributed by atoms with Gasteiger partial charge in [-0.25, -0.2) is 0 Å². The van der Waals surface area contributed by atoms with Gasteiger partial charge in [0.15, 0.2) is 0 Å². The molecule has 3 heterocycles. The Morgan fingerprint density at radius 2 is 1.61 bits per heavy atom. The molecule has 0 aromatic carbocycles. The lowest BCUT2D eigenvalue weighted by molar-refractivity contribution is 0.155. The molecule has 2 saturated heterocycles. The number of anilines is 1. The van der Waals surface area contributed by atoms with Gasteiger partial charge in [0.05, 0.1) is 0 Å². The molecule has 3 rings (SSSR count). The van der Waals surface area contributed by atoms with Crippen molar-refractivity contribution in [1.82, 2.24) is 10.3 Å². The fourth-order valence-corrected chi connectivity index (χ4v) is 3.25. The number of halogens is 1. The minimum Gasteiger partial charge on any atom is -0.371 e. The third-order valence-electron chi connectivity index (χ3n) is 4.52. The molecule has 100 valence electrons. The van der Waals surface area contributed by atoms with Crippen LogP contribution in [-0.4, -0.2) is 31.2 Å². The number of aromatic nitrogens is 1. The fourth-order valence-electron chi connectivity index (χ4n) is 3.25. The van der Waals surface area contributed by atoms with Crippen LogP contribution in [0.15, 0.2) is 24.5 Å². The Morgan fingerprint density at radius 1 is 1.00 bits per heavy atom. The predicted octanol–water partition coefficient (Wildman–Crippen LogP) is 2.47. The Labute approximate surface area is 115 Å². The van der Waals surface area contributed by atoms with Gasteiger partial charge in [0.25, 0.3) is 0 Å². The SMILES string of the molecule is Cl.c1cc(N2CCC3(CCNCC3)CC2)ccn1. The summed E-state index contributed by atoms with van der Waals surface area (Å²) in [6.45, 7) is 4.86. The zero-order valence-corrected chi connectivity index (χ0v) is 11.6. The first-order valence-corrected chi connectivity index (χ1v) is 6.74. The number of hydrogen-bond donors (Lipinski definition) is 1. The van der Waals surface area contributed by atoms with Crippen LogP contribution in [0.5, 0.6) is 0 Å². The highest BCUT2D eigenvalue weighted by molar-refractivity contribution is 5.85. The van der Waals surface area contributed by atoms with Gasteiger partial charge in [-0.05, 0) is 56.3 Å². The van der Waals surface area contributed by atoms with Crippen molar-refractivity contribution in [2.45, 2.75) is 25.7 Å². The van der Waals surface area contributed by atoms with Crippen molar-refractivity contribution in [3.63, 3.8) is 0 Å². The quantitative estimate of drug-likeness (QED) is 0.847. The van der Waals surface area contributed by atoms with Crippen molar-refractivity contribution in [3.05, 3.63) is 24.5 Å². The van der Waals surface area contributed by atoms with Gasteiger partial charge in [-0.15, -0.1) is 12.4 Å². The molecule has 18 heavy (non-hydrogen) atoms. The maximum Gasteiger partial charge on any atom is 0.0397 e. The zero-order chi connectivity index (χ0) is 11.6. The van der Waals surface area contributed by atoms with Gasteiger partial charge >= 0.3 is 0 Å². The molecular weight excluding hydrogens is 246 g/mol. The second kappa shape index (κ2) is 5.89. The molecule has 0 saturated carbocycles. The van der Waals surface area contributed by atoms with Crippen molar-refractivity contribution in [3.8, 4) is 0 Å². The summed E-state index contributed by atoms with van der Waals surface area (Å²) in [5.41, 5.74) is 1.98. The number of pyridine rings is 1. The van der Waals surface area contributed by atoms with Gasteiger partial charge < -0.3 is 10.2 Å². The van der Waals surface area contributed by atoms with Crippen LogP contribution in [0, 0.1) is 5.41 Å². The first kappa shape index (κ1) is 13.6. The van der Waals surface area contributed by atoms with Gasteiger partial charge in [-0.1, -0.05) is 0 Å². The third kappa shape index (κ3) is 2.78. The molecule has 2 fully saturated rings. The average Bonchev–Trinajstić information content (AvgIpc) is 2.42. The van der Waals surface area contributed by atoms with Crippen molar-refractivity contribution in [2.24, 2.45) is 5.41 Å². The molecule has 2 aliphatic heterocycles. The highest BCUT2D eigenvalue weighted by atomic mass is 35.5. The number of nitrogens with one attached hydrogen (secondary N) is 1. The summed E-state index contributed by atoms with van der Waals surface area (Å²) in [5.74, 6) is 0. The Hall–Kier alpha value is -0.800. The normalized spacial score (nSPS) is 22.6. The summed E-state index contributed by atoms with van der Waals surface area (Å²) < 4.78 is 0. The van der Waals surface area contributed by atoms with E-state index in [1.165, 1.54) is 57.5 Å². The van der Waals surface area contributed by atoms with Crippen LogP contribution in [-0.2, 0) is 0 Å². The minimum atomic E-state index is 0. The summed E-state index contributed by atoms with van der Waals surface area (Å²) in [5, 5.41) is 3.48. The fraction of sp³-hybridized carbons (Fsp3) is 0.643. The van der Waals surface area contributed by atoms with E-state index in [0.717, 1.165) is 0 Å². The van der Waals surface area contributed by atoms with Crippen LogP contribution in [0.4, 0.5) is 5.69 Å². The maximum atomic E-state index is 4.09. The zero-order valence-electron chi connectivity index (χ0n) is 10.8. The van der Waals surface area contributed by atoms with Crippen molar-refractivity contribution < 1.29 is 0 Å². The predicted molar refractivity (Wildman–Crippen MR) is 77.5 cm³/mol. The second-order valence-corrected chi connectivity index (χ2v) is 5.44. The van der Waals surface area contributed by atoms with E-state index in [9.17, 15) is 0 Å². The summed E-state index contributed by atoms with van der Waals surface area (Å²) in [6.07, 6.45) is 9.25. The van der Waals surface area contributed by atoms with Gasteiger partial charge in [0, 0.05) is 31.2 Å². The molecule has 0 radical (unpaired) electrons. The Kier molecular flexibility index (Phi) is 4.46. The second-order valence-electron chi connectivity index (χ2n) is 5.44. The van der Waals surface area contributed by atoms with E-state index >= 15 is 0 Å². The number of rotatable bonds is 1. The monoisotopic (exact) mass is 267 g/mol. The molecular formula is C14H22ClN3. The summed E-state index contributed by atoms with van der Waals surface area (Å²) in [4.78, 5) is 6.60. The lowest BCUT2D eigenvalue weighted by atomic mass is 9.71. The van der Waals surface area contributed by atoms with E-state index in [0.29, 0.717) is 5.41 Å². The lowest BCUT2D eigenvalue weighted by Gasteiger charge is -2.45. The molecule has 1 aromatic rings. The molecule has 0 unspecified atom stereocenters. The van der Waals surface area contributed by atoms with Crippen LogP contribution in [0.3, 0.4) is 0 Å². The van der Waals surface area contributed by atoms with Gasteiger partial charge in [0.1, 0.15) is 0 Å². The molecule has 2 aliphatic rings. The van der Waals surface area contributed by atoms with E-state index in [1.807, 2.05) is 12.4 Å². The van der Waals surface area contributed by atoms with E-state index < -0.39 is 0 Å². The van der Waals surface area contributed by atoms with Gasteiger partial charge in [-0.3, -0.25) is 4.98 Å². The van der Waals surface area contributed by atoms with E-state index in [-0.39, 0.29) is 12.4 Å². The van der Waals surface area contributed by atoms with E-state index in [2.05, 4.69) is 27.3 Å². The Bertz CT molecular complexity index is 353. The molecule has 1 spiro atoms. The van der Waals surface area contributed by atoms with Gasteiger partial charge in [-0.2, -0.15) is 0 Å². The molecule has 0 aliphatic carbocycles. The van der Waals surface area contributed by atoms with Crippen LogP contribution >= 0.6 is 12.4 Å². The highest BCUT2D eigenvalue weighted by Gasteiger charge is 2.35. The molecule has 0 bridgehead atoms. The largest absolute Gasteiger partial charge is 0.371 e. The number of piperidine rings is 2. The van der Waals surface area contributed by atoms with Crippen LogP contribution in [0.25, 0.3) is 0 Å². The average molecular weight is 268 g/mol. The topological polar surface area (TPSA) is 28.2 Å². The first-order valence-electron chi connectivity index (χ1n) is 6.74. The molecule has 1 N–H and O–H groups in total. The minimum absolute atomic E-state index is 0. The summed E-state index contributed by atoms with van der Waals surface area (Å²) in [7, 11) is 0. The Balaban J connectivity index is 0.00000120. The van der Waals surface area contributed by atoms with E-state index in [1.54, 1.807) is 0 Å². The lowest BCUT2D eigenvalue weighted by Crippen LogP contribution is -2.45. The third-order valence-corrected chi connectivity index (χ3v) is 4.52. The molecule has 1 aromatic heterocycles. The van der Waals surface area contributed by atoms with Crippen LogP contribution in [0.2, 0.25) is 0 Å². The number of hydrogen-bond acceptors (Lipinski definition) is 3. The summed E-state index contributed by atoms with van der Waals surface area (Å²) in [6, 6.07) is 4.25. The van der Waals surface area contributed by atoms with Crippen LogP contribution < -0.4 is 10.2 Å². The standard InChI is InChI=1S/C14H21N3.ClH/c1-7-15-8-2-13(1)17-11-5-14(6-12-17)3-9-16-10-4-14;/h1-2,7-8,16H,3-6,9-12H2;1H. The van der Waals surface area contributed by atoms with Crippen molar-refractivity contribution in [2.75, 3.05) is 31.1 Å².